The molecule has 1 aliphatic carbocycles. The monoisotopic (exact) mass is 602 g/mol. The number of anilines is 2. The Morgan fingerprint density at radius 2 is 1.70 bits per heavy atom. The third kappa shape index (κ3) is 7.21. The first-order valence-corrected chi connectivity index (χ1v) is 13.8. The fourth-order valence-corrected chi connectivity index (χ4v) is 5.92. The predicted molar refractivity (Wildman–Crippen MR) is 137 cm³/mol. The van der Waals surface area contributed by atoms with Crippen LogP contribution in [0.15, 0.2) is 51.8 Å². The van der Waals surface area contributed by atoms with Crippen molar-refractivity contribution in [2.24, 2.45) is 17.7 Å². The van der Waals surface area contributed by atoms with Crippen molar-refractivity contribution in [3.63, 3.8) is 0 Å². The number of alkyl halides is 3. The van der Waals surface area contributed by atoms with Gasteiger partial charge in [0.25, 0.3) is 0 Å². The molecule has 14 heteroatoms. The molecule has 0 saturated heterocycles. The molecule has 0 aliphatic heterocycles. The Bertz CT molecular complexity index is 1350. The summed E-state index contributed by atoms with van der Waals surface area (Å²) in [7, 11) is -4.20. The topological polar surface area (TPSA) is 131 Å². The molecular formula is C23H26BrF3N6O3S. The van der Waals surface area contributed by atoms with Gasteiger partial charge in [0.15, 0.2) is 11.6 Å². The number of hydrogen-bond acceptors (Lipinski definition) is 8. The highest BCUT2D eigenvalue weighted by atomic mass is 79.9. The molecule has 0 amide bonds. The van der Waals surface area contributed by atoms with Gasteiger partial charge >= 0.3 is 6.36 Å². The number of aromatic nitrogens is 2. The summed E-state index contributed by atoms with van der Waals surface area (Å²) in [6, 6.07) is 10.9. The molecule has 0 bridgehead atoms. The minimum absolute atomic E-state index is 0.0680. The Kier molecular flexibility index (Phi) is 8.41. The van der Waals surface area contributed by atoms with Crippen molar-refractivity contribution < 1.29 is 26.3 Å². The van der Waals surface area contributed by atoms with Gasteiger partial charge in [-0.05, 0) is 67.9 Å². The lowest BCUT2D eigenvalue weighted by molar-refractivity contribution is -0.275. The Labute approximate surface area is 220 Å². The van der Waals surface area contributed by atoms with Crippen molar-refractivity contribution in [1.82, 2.24) is 14.7 Å². The van der Waals surface area contributed by atoms with Crippen LogP contribution < -0.4 is 26.0 Å². The van der Waals surface area contributed by atoms with Gasteiger partial charge in [0.05, 0.1) is 5.52 Å². The molecule has 0 atom stereocenters. The highest BCUT2D eigenvalue weighted by molar-refractivity contribution is 9.10. The van der Waals surface area contributed by atoms with Crippen LogP contribution in [-0.2, 0) is 10.0 Å². The number of para-hydroxylation sites is 1. The lowest BCUT2D eigenvalue weighted by atomic mass is 9.82. The second-order valence-electron chi connectivity index (χ2n) is 8.82. The number of nitrogens with two attached hydrogens (primary N) is 1. The summed E-state index contributed by atoms with van der Waals surface area (Å²) < 4.78 is 70.4. The van der Waals surface area contributed by atoms with Gasteiger partial charge in [0.1, 0.15) is 4.90 Å². The number of nitrogens with one attached hydrogen (secondary N) is 3. The van der Waals surface area contributed by atoms with Crippen LogP contribution in [0, 0.1) is 11.8 Å². The number of nitrogens with zero attached hydrogens (tertiary/aromatic N) is 2. The van der Waals surface area contributed by atoms with Gasteiger partial charge in [-0.2, -0.15) is 4.98 Å². The Hall–Kier alpha value is -2.68. The highest BCUT2D eigenvalue weighted by Gasteiger charge is 2.34. The Morgan fingerprint density at radius 3 is 2.38 bits per heavy atom. The molecule has 9 nitrogen and oxygen atoms in total. The number of sulfonamides is 1. The maximum absolute atomic E-state index is 12.8. The van der Waals surface area contributed by atoms with E-state index in [1.807, 2.05) is 24.3 Å². The molecule has 0 unspecified atom stereocenters. The van der Waals surface area contributed by atoms with Crippen molar-refractivity contribution in [1.29, 1.82) is 0 Å². The molecule has 0 spiro atoms. The standard InChI is InChI=1S/C23H26BrF3N6O3S/c24-16-9-10-20(19(11-16)36-23(25,26)27)37(34,35)30-13-15-7-5-14(6-8-15)12-29-22-31-18-4-2-1-3-17(18)21(32-22)33-28/h1-4,9-11,14-15,30H,5-8,12-13,28H2,(H2,29,31,32,33). The molecule has 2 aromatic carbocycles. The summed E-state index contributed by atoms with van der Waals surface area (Å²) in [6.07, 6.45) is -1.76. The molecule has 0 radical (unpaired) electrons. The maximum atomic E-state index is 12.8. The van der Waals surface area contributed by atoms with Crippen LogP contribution >= 0.6 is 15.9 Å². The van der Waals surface area contributed by atoms with E-state index in [-0.39, 0.29) is 16.9 Å². The van der Waals surface area contributed by atoms with E-state index in [0.717, 1.165) is 48.7 Å². The van der Waals surface area contributed by atoms with Gasteiger partial charge in [0, 0.05) is 22.9 Å². The summed E-state index contributed by atoms with van der Waals surface area (Å²) >= 11 is 3.04. The molecule has 4 rings (SSSR count). The van der Waals surface area contributed by atoms with Crippen LogP contribution in [0.2, 0.25) is 0 Å². The summed E-state index contributed by atoms with van der Waals surface area (Å²) in [4.78, 5) is 8.38. The predicted octanol–water partition coefficient (Wildman–Crippen LogP) is 4.77. The van der Waals surface area contributed by atoms with E-state index in [0.29, 0.717) is 24.2 Å². The minimum Gasteiger partial charge on any atom is -0.404 e. The number of fused-ring (bicyclic) bond motifs is 1. The summed E-state index contributed by atoms with van der Waals surface area (Å²) in [5, 5.41) is 4.08. The van der Waals surface area contributed by atoms with Crippen molar-refractivity contribution in [3.8, 4) is 5.75 Å². The molecule has 200 valence electrons. The van der Waals surface area contributed by atoms with Gasteiger partial charge in [-0.25, -0.2) is 24.0 Å². The third-order valence-corrected chi connectivity index (χ3v) is 8.19. The van der Waals surface area contributed by atoms with Crippen LogP contribution in [0.1, 0.15) is 25.7 Å². The highest BCUT2D eigenvalue weighted by Crippen LogP contribution is 2.33. The zero-order valence-corrected chi connectivity index (χ0v) is 22.0. The number of hydrazine groups is 1. The largest absolute Gasteiger partial charge is 0.573 e. The summed E-state index contributed by atoms with van der Waals surface area (Å²) in [5.74, 6) is 6.22. The molecule has 5 N–H and O–H groups in total. The van der Waals surface area contributed by atoms with Crippen LogP contribution in [0.3, 0.4) is 0 Å². The normalized spacial score (nSPS) is 18.5. The molecule has 37 heavy (non-hydrogen) atoms. The van der Waals surface area contributed by atoms with E-state index in [1.54, 1.807) is 0 Å². The fourth-order valence-electron chi connectivity index (χ4n) is 4.35. The maximum Gasteiger partial charge on any atom is 0.573 e. The van der Waals surface area contributed by atoms with Crippen molar-refractivity contribution in [3.05, 3.63) is 46.9 Å². The molecular weight excluding hydrogens is 577 g/mol. The molecule has 1 saturated carbocycles. The molecule has 3 aromatic rings. The van der Waals surface area contributed by atoms with Crippen molar-refractivity contribution in [2.45, 2.75) is 36.9 Å². The van der Waals surface area contributed by atoms with E-state index in [9.17, 15) is 21.6 Å². The average Bonchev–Trinajstić information content (AvgIpc) is 2.85. The van der Waals surface area contributed by atoms with Crippen molar-refractivity contribution in [2.75, 3.05) is 23.8 Å². The lowest BCUT2D eigenvalue weighted by Gasteiger charge is -2.28. The van der Waals surface area contributed by atoms with Gasteiger partial charge < -0.3 is 15.5 Å². The van der Waals surface area contributed by atoms with E-state index in [1.165, 1.54) is 6.07 Å². The number of benzene rings is 2. The second-order valence-corrected chi connectivity index (χ2v) is 11.5. The van der Waals surface area contributed by atoms with Crippen LogP contribution in [-0.4, -0.2) is 37.8 Å². The van der Waals surface area contributed by atoms with E-state index >= 15 is 0 Å². The SMILES string of the molecule is NNc1nc(NCC2CCC(CNS(=O)(=O)c3ccc(Br)cc3OC(F)(F)F)CC2)nc2ccccc12. The number of hydrogen-bond donors (Lipinski definition) is 4. The first-order valence-electron chi connectivity index (χ1n) is 11.6. The number of ether oxygens (including phenoxy) is 1. The summed E-state index contributed by atoms with van der Waals surface area (Å²) in [6.45, 7) is 0.779. The molecule has 1 fully saturated rings. The van der Waals surface area contributed by atoms with Crippen molar-refractivity contribution >= 4 is 48.6 Å². The zero-order valence-electron chi connectivity index (χ0n) is 19.6. The summed E-state index contributed by atoms with van der Waals surface area (Å²) in [5.41, 5.74) is 3.36. The molecule has 1 aliphatic rings. The average molecular weight is 603 g/mol. The van der Waals surface area contributed by atoms with Crippen LogP contribution in [0.5, 0.6) is 5.75 Å². The number of halogens is 4. The second kappa shape index (κ2) is 11.4. The van der Waals surface area contributed by atoms with E-state index < -0.39 is 27.0 Å². The van der Waals surface area contributed by atoms with Gasteiger partial charge in [-0.15, -0.1) is 13.2 Å². The zero-order chi connectivity index (χ0) is 26.6. The first kappa shape index (κ1) is 27.4. The number of rotatable bonds is 9. The fraction of sp³-hybridized carbons (Fsp3) is 0.391. The number of nitrogen functional groups attached to an aromatic ring is 1. The van der Waals surface area contributed by atoms with Gasteiger partial charge in [-0.1, -0.05) is 28.1 Å². The first-order chi connectivity index (χ1) is 17.5. The quantitative estimate of drug-likeness (QED) is 0.203. The van der Waals surface area contributed by atoms with Crippen LogP contribution in [0.4, 0.5) is 24.9 Å². The smallest absolute Gasteiger partial charge is 0.404 e. The third-order valence-electron chi connectivity index (χ3n) is 6.24. The van der Waals surface area contributed by atoms with E-state index in [4.69, 9.17) is 5.84 Å². The lowest BCUT2D eigenvalue weighted by Crippen LogP contribution is -2.33. The van der Waals surface area contributed by atoms with Crippen LogP contribution in [0.25, 0.3) is 10.9 Å². The Balaban J connectivity index is 1.30. The Morgan fingerprint density at radius 1 is 1.03 bits per heavy atom. The minimum atomic E-state index is -5.02. The molecule has 1 heterocycles. The van der Waals surface area contributed by atoms with Gasteiger partial charge in [-0.3, -0.25) is 0 Å². The van der Waals surface area contributed by atoms with Gasteiger partial charge in [0.2, 0.25) is 16.0 Å². The molecule has 1 aromatic heterocycles. The van der Waals surface area contributed by atoms with E-state index in [2.05, 4.69) is 46.1 Å².